The molecule has 0 atom stereocenters. The average Bonchev–Trinajstić information content (AvgIpc) is 2.80. The van der Waals surface area contributed by atoms with Gasteiger partial charge >= 0.3 is 12.0 Å². The summed E-state index contributed by atoms with van der Waals surface area (Å²) in [5.74, 6) is -1.02. The minimum absolute atomic E-state index is 0.198. The Morgan fingerprint density at radius 3 is 2.43 bits per heavy atom. The number of amides is 2. The minimum Gasteiger partial charge on any atom is -0.477 e. The van der Waals surface area contributed by atoms with Gasteiger partial charge < -0.3 is 10.4 Å². The van der Waals surface area contributed by atoms with Crippen LogP contribution in [0.15, 0.2) is 30.3 Å². The average molecular weight is 301 g/mol. The number of nitrogens with zero attached hydrogens (tertiary/aromatic N) is 1. The van der Waals surface area contributed by atoms with Gasteiger partial charge in [0, 0.05) is 5.69 Å². The molecule has 0 radical (unpaired) electrons. The second-order valence-electron chi connectivity index (χ2n) is 4.20. The smallest absolute Gasteiger partial charge is 0.346 e. The maximum atomic E-state index is 11.8. The molecule has 7 heteroatoms. The van der Waals surface area contributed by atoms with Gasteiger partial charge in [-0.25, -0.2) is 9.59 Å². The van der Waals surface area contributed by atoms with Crippen molar-refractivity contribution >= 4 is 34.0 Å². The van der Waals surface area contributed by atoms with Crippen LogP contribution in [0, 0.1) is 18.3 Å². The van der Waals surface area contributed by atoms with Crippen molar-refractivity contribution in [2.45, 2.75) is 6.92 Å². The lowest BCUT2D eigenvalue weighted by Gasteiger charge is -2.05. The lowest BCUT2D eigenvalue weighted by Crippen LogP contribution is -2.18. The maximum absolute atomic E-state index is 11.8. The fourth-order valence-electron chi connectivity index (χ4n) is 1.66. The highest BCUT2D eigenvalue weighted by molar-refractivity contribution is 7.18. The molecule has 1 aromatic carbocycles. The minimum atomic E-state index is -1.02. The van der Waals surface area contributed by atoms with Gasteiger partial charge in [-0.05, 0) is 42.8 Å². The van der Waals surface area contributed by atoms with Crippen molar-refractivity contribution in [3.63, 3.8) is 0 Å². The van der Waals surface area contributed by atoms with Crippen LogP contribution in [0.2, 0.25) is 0 Å². The molecule has 0 bridgehead atoms. The molecule has 2 amide bonds. The second-order valence-corrected chi connectivity index (χ2v) is 5.25. The third-order valence-electron chi connectivity index (χ3n) is 2.62. The van der Waals surface area contributed by atoms with Crippen LogP contribution in [0.25, 0.3) is 0 Å². The number of benzene rings is 1. The number of carboxylic acid groups (broad SMARTS) is 1. The third-order valence-corrected chi connectivity index (χ3v) is 3.76. The van der Waals surface area contributed by atoms with E-state index >= 15 is 0 Å². The topological polar surface area (TPSA) is 102 Å². The van der Waals surface area contributed by atoms with Crippen LogP contribution < -0.4 is 10.6 Å². The first-order chi connectivity index (χ1) is 9.99. The lowest BCUT2D eigenvalue weighted by molar-refractivity contribution is 0.0701. The summed E-state index contributed by atoms with van der Waals surface area (Å²) in [5.41, 5.74) is 1.64. The first kappa shape index (κ1) is 14.6. The molecular formula is C14H11N3O3S. The van der Waals surface area contributed by atoms with Crippen LogP contribution in [-0.4, -0.2) is 17.1 Å². The number of nitrogens with one attached hydrogen (secondary N) is 2. The van der Waals surface area contributed by atoms with Crippen molar-refractivity contribution < 1.29 is 14.7 Å². The van der Waals surface area contributed by atoms with E-state index in [4.69, 9.17) is 10.4 Å². The van der Waals surface area contributed by atoms with Crippen LogP contribution in [0.3, 0.4) is 0 Å². The van der Waals surface area contributed by atoms with Gasteiger partial charge in [-0.1, -0.05) is 0 Å². The van der Waals surface area contributed by atoms with Gasteiger partial charge in [0.2, 0.25) is 0 Å². The first-order valence-corrected chi connectivity index (χ1v) is 6.73. The molecule has 0 saturated heterocycles. The Balaban J connectivity index is 2.03. The SMILES string of the molecule is Cc1cc(NC(=O)Nc2ccc(C#N)cc2)sc1C(=O)O. The highest BCUT2D eigenvalue weighted by atomic mass is 32.1. The predicted octanol–water partition coefficient (Wildman–Crippen LogP) is 3.27. The molecule has 106 valence electrons. The number of thiophene rings is 1. The number of nitriles is 1. The van der Waals surface area contributed by atoms with E-state index in [1.54, 1.807) is 37.3 Å². The molecule has 2 rings (SSSR count). The van der Waals surface area contributed by atoms with Gasteiger partial charge in [0.05, 0.1) is 16.6 Å². The largest absolute Gasteiger partial charge is 0.477 e. The summed E-state index contributed by atoms with van der Waals surface area (Å²) in [6.45, 7) is 1.67. The van der Waals surface area contributed by atoms with Crippen LogP contribution in [0.5, 0.6) is 0 Å². The Bertz CT molecular complexity index is 729. The number of carbonyl (C=O) groups excluding carboxylic acids is 1. The number of aromatic carboxylic acids is 1. The van der Waals surface area contributed by atoms with Crippen molar-refractivity contribution in [1.82, 2.24) is 0 Å². The summed E-state index contributed by atoms with van der Waals surface area (Å²) in [5, 5.41) is 23.3. The van der Waals surface area contributed by atoms with E-state index in [0.717, 1.165) is 11.3 Å². The monoisotopic (exact) mass is 301 g/mol. The maximum Gasteiger partial charge on any atom is 0.346 e. The number of urea groups is 1. The highest BCUT2D eigenvalue weighted by Crippen LogP contribution is 2.26. The molecule has 1 heterocycles. The number of aryl methyl sites for hydroxylation is 1. The van der Waals surface area contributed by atoms with E-state index in [1.807, 2.05) is 6.07 Å². The van der Waals surface area contributed by atoms with Crippen LogP contribution >= 0.6 is 11.3 Å². The zero-order valence-electron chi connectivity index (χ0n) is 11.0. The molecule has 0 unspecified atom stereocenters. The van der Waals surface area contributed by atoms with Crippen LogP contribution in [0.4, 0.5) is 15.5 Å². The fraction of sp³-hybridized carbons (Fsp3) is 0.0714. The van der Waals surface area contributed by atoms with Gasteiger partial charge in [0.15, 0.2) is 0 Å². The van der Waals surface area contributed by atoms with Gasteiger partial charge in [-0.15, -0.1) is 11.3 Å². The molecule has 0 saturated carbocycles. The summed E-state index contributed by atoms with van der Waals surface area (Å²) in [4.78, 5) is 22.9. The molecule has 21 heavy (non-hydrogen) atoms. The normalized spacial score (nSPS) is 9.71. The molecule has 3 N–H and O–H groups in total. The molecule has 0 fully saturated rings. The Morgan fingerprint density at radius 1 is 1.24 bits per heavy atom. The summed E-state index contributed by atoms with van der Waals surface area (Å²) >= 11 is 0.998. The van der Waals surface area contributed by atoms with Gasteiger partial charge in [0.1, 0.15) is 4.88 Å². The van der Waals surface area contributed by atoms with E-state index in [1.165, 1.54) is 0 Å². The molecule has 2 aromatic rings. The molecule has 1 aromatic heterocycles. The number of carbonyl (C=O) groups is 2. The number of hydrogen-bond acceptors (Lipinski definition) is 4. The Kier molecular flexibility index (Phi) is 4.21. The zero-order chi connectivity index (χ0) is 15.4. The number of anilines is 2. The molecule has 0 spiro atoms. The van der Waals surface area contributed by atoms with E-state index in [0.29, 0.717) is 21.8 Å². The van der Waals surface area contributed by atoms with E-state index in [-0.39, 0.29) is 4.88 Å². The van der Waals surface area contributed by atoms with Crippen molar-refractivity contribution in [2.75, 3.05) is 10.6 Å². The summed E-state index contributed by atoms with van der Waals surface area (Å²) < 4.78 is 0. The standard InChI is InChI=1S/C14H11N3O3S/c1-8-6-11(21-12(8)13(18)19)17-14(20)16-10-4-2-9(7-15)3-5-10/h2-6H,1H3,(H,18,19)(H2,16,17,20). The number of carboxylic acids is 1. The summed E-state index contributed by atoms with van der Waals surface area (Å²) in [6, 6.07) is 9.52. The van der Waals surface area contributed by atoms with Crippen molar-refractivity contribution in [1.29, 1.82) is 5.26 Å². The molecule has 0 aliphatic rings. The third kappa shape index (κ3) is 3.58. The molecule has 6 nitrogen and oxygen atoms in total. The van der Waals surface area contributed by atoms with Crippen LogP contribution in [0.1, 0.15) is 20.8 Å². The fourth-order valence-corrected chi connectivity index (χ4v) is 2.56. The van der Waals surface area contributed by atoms with Crippen molar-refractivity contribution in [2.24, 2.45) is 0 Å². The van der Waals surface area contributed by atoms with Gasteiger partial charge in [-0.3, -0.25) is 5.32 Å². The zero-order valence-corrected chi connectivity index (χ0v) is 11.8. The Morgan fingerprint density at radius 2 is 1.90 bits per heavy atom. The van der Waals surface area contributed by atoms with Gasteiger partial charge in [-0.2, -0.15) is 5.26 Å². The van der Waals surface area contributed by atoms with Crippen LogP contribution in [-0.2, 0) is 0 Å². The number of rotatable bonds is 3. The van der Waals surface area contributed by atoms with E-state index in [9.17, 15) is 9.59 Å². The Labute approximate surface area is 124 Å². The quantitative estimate of drug-likeness (QED) is 0.809. The van der Waals surface area contributed by atoms with Crippen molar-refractivity contribution in [3.05, 3.63) is 46.3 Å². The molecular weight excluding hydrogens is 290 g/mol. The molecule has 0 aliphatic heterocycles. The first-order valence-electron chi connectivity index (χ1n) is 5.91. The summed E-state index contributed by atoms with van der Waals surface area (Å²) in [6.07, 6.45) is 0. The molecule has 0 aliphatic carbocycles. The van der Waals surface area contributed by atoms with E-state index < -0.39 is 12.0 Å². The summed E-state index contributed by atoms with van der Waals surface area (Å²) in [7, 11) is 0. The second kappa shape index (κ2) is 6.07. The Hall–Kier alpha value is -2.85. The van der Waals surface area contributed by atoms with Gasteiger partial charge in [0.25, 0.3) is 0 Å². The van der Waals surface area contributed by atoms with E-state index in [2.05, 4.69) is 10.6 Å². The van der Waals surface area contributed by atoms with Crippen molar-refractivity contribution in [3.8, 4) is 6.07 Å². The number of hydrogen-bond donors (Lipinski definition) is 3. The highest BCUT2D eigenvalue weighted by Gasteiger charge is 2.13. The lowest BCUT2D eigenvalue weighted by atomic mass is 10.2. The predicted molar refractivity (Wildman–Crippen MR) is 79.8 cm³/mol.